The molecule has 2 aromatic heterocycles. The van der Waals surface area contributed by atoms with Crippen molar-refractivity contribution < 1.29 is 17.6 Å². The molecule has 0 saturated heterocycles. The molecule has 1 N–H and O–H groups in total. The Morgan fingerprint density at radius 1 is 1.53 bits per heavy atom. The lowest BCUT2D eigenvalue weighted by Gasteiger charge is -2.03. The number of hydrogen-bond acceptors (Lipinski definition) is 5. The second-order valence-corrected chi connectivity index (χ2v) is 5.64. The van der Waals surface area contributed by atoms with Crippen LogP contribution in [0.1, 0.15) is 12.2 Å². The third-order valence-electron chi connectivity index (χ3n) is 2.42. The van der Waals surface area contributed by atoms with Gasteiger partial charge < -0.3 is 4.42 Å². The number of sulfonamides is 1. The Morgan fingerprint density at radius 2 is 2.32 bits per heavy atom. The van der Waals surface area contributed by atoms with Crippen molar-refractivity contribution in [2.75, 3.05) is 0 Å². The Bertz CT molecular complexity index is 658. The summed E-state index contributed by atoms with van der Waals surface area (Å²) in [5.41, 5.74) is 0. The number of nitrogens with zero attached hydrogens (tertiary/aromatic N) is 2. The largest absolute Gasteiger partial charge is 0.469 e. The number of carbonyl (C=O) groups is 1. The molecule has 8 heteroatoms. The van der Waals surface area contributed by atoms with Crippen molar-refractivity contribution in [3.05, 3.63) is 36.5 Å². The van der Waals surface area contributed by atoms with E-state index >= 15 is 0 Å². The first-order valence-electron chi connectivity index (χ1n) is 5.54. The van der Waals surface area contributed by atoms with Crippen molar-refractivity contribution in [3.63, 3.8) is 0 Å². The Kier molecular flexibility index (Phi) is 3.70. The molecule has 2 aromatic rings. The Hall–Kier alpha value is -2.09. The molecule has 0 aliphatic heterocycles. The molecule has 19 heavy (non-hydrogen) atoms. The fraction of sp³-hybridized carbons (Fsp3) is 0.273. The lowest BCUT2D eigenvalue weighted by molar-refractivity contribution is -0.119. The first kappa shape index (κ1) is 13.3. The first-order chi connectivity index (χ1) is 8.97. The highest BCUT2D eigenvalue weighted by atomic mass is 32.2. The smallest absolute Gasteiger partial charge is 0.267 e. The van der Waals surface area contributed by atoms with Gasteiger partial charge in [0.1, 0.15) is 10.7 Å². The highest BCUT2D eigenvalue weighted by Crippen LogP contribution is 2.07. The van der Waals surface area contributed by atoms with Gasteiger partial charge in [-0.15, -0.1) is 0 Å². The summed E-state index contributed by atoms with van der Waals surface area (Å²) >= 11 is 0. The van der Waals surface area contributed by atoms with E-state index in [1.807, 2.05) is 4.72 Å². The number of nitrogens with one attached hydrogen (secondary N) is 1. The van der Waals surface area contributed by atoms with E-state index in [0.29, 0.717) is 12.2 Å². The van der Waals surface area contributed by atoms with Crippen LogP contribution in [0.4, 0.5) is 0 Å². The molecule has 102 valence electrons. The minimum absolute atomic E-state index is 0.0347. The zero-order chi connectivity index (χ0) is 13.9. The lowest BCUT2D eigenvalue weighted by atomic mass is 10.2. The molecule has 7 nitrogen and oxygen atoms in total. The van der Waals surface area contributed by atoms with Gasteiger partial charge in [0, 0.05) is 26.1 Å². The van der Waals surface area contributed by atoms with E-state index in [-0.39, 0.29) is 11.3 Å². The van der Waals surface area contributed by atoms with E-state index in [1.165, 1.54) is 23.3 Å². The van der Waals surface area contributed by atoms with E-state index in [0.717, 1.165) is 0 Å². The Morgan fingerprint density at radius 3 is 2.89 bits per heavy atom. The summed E-state index contributed by atoms with van der Waals surface area (Å²) in [5.74, 6) is 0.0502. The number of hydrogen-bond donors (Lipinski definition) is 1. The topological polar surface area (TPSA) is 94.2 Å². The second kappa shape index (κ2) is 5.27. The first-order valence-corrected chi connectivity index (χ1v) is 7.02. The highest BCUT2D eigenvalue weighted by molar-refractivity contribution is 7.90. The predicted octanol–water partition coefficient (Wildman–Crippen LogP) is 0.451. The molecule has 0 unspecified atom stereocenters. The molecule has 0 spiro atoms. The van der Waals surface area contributed by atoms with E-state index in [2.05, 4.69) is 5.10 Å². The molecule has 0 aliphatic carbocycles. The number of aryl methyl sites for hydroxylation is 2. The average Bonchev–Trinajstić information content (AvgIpc) is 2.96. The van der Waals surface area contributed by atoms with Gasteiger partial charge in [0.05, 0.1) is 12.5 Å². The molecule has 0 fully saturated rings. The van der Waals surface area contributed by atoms with Crippen LogP contribution in [0.5, 0.6) is 0 Å². The van der Waals surface area contributed by atoms with E-state index < -0.39 is 15.9 Å². The fourth-order valence-corrected chi connectivity index (χ4v) is 2.49. The SMILES string of the molecule is Cn1cc(S(=O)(=O)NC(=O)CCc2ccco2)cn1. The lowest BCUT2D eigenvalue weighted by Crippen LogP contribution is -2.30. The number of furan rings is 1. The van der Waals surface area contributed by atoms with Gasteiger partial charge in [-0.25, -0.2) is 13.1 Å². The maximum absolute atomic E-state index is 11.8. The maximum Gasteiger partial charge on any atom is 0.267 e. The van der Waals surface area contributed by atoms with Crippen LogP contribution in [-0.4, -0.2) is 24.1 Å². The van der Waals surface area contributed by atoms with Crippen LogP contribution in [0.3, 0.4) is 0 Å². The maximum atomic E-state index is 11.8. The van der Waals surface area contributed by atoms with Gasteiger partial charge in [-0.2, -0.15) is 5.10 Å². The summed E-state index contributed by atoms with van der Waals surface area (Å²) in [6.45, 7) is 0. The molecule has 2 heterocycles. The van der Waals surface area contributed by atoms with Gasteiger partial charge in [-0.1, -0.05) is 0 Å². The summed E-state index contributed by atoms with van der Waals surface area (Å²) in [6.07, 6.45) is 4.39. The molecule has 1 amide bonds. The molecule has 0 bridgehead atoms. The second-order valence-electron chi connectivity index (χ2n) is 3.96. The van der Waals surface area contributed by atoms with Crippen LogP contribution in [0, 0.1) is 0 Å². The van der Waals surface area contributed by atoms with Gasteiger partial charge in [0.15, 0.2) is 0 Å². The number of rotatable bonds is 5. The van der Waals surface area contributed by atoms with Crippen LogP contribution < -0.4 is 4.72 Å². The zero-order valence-corrected chi connectivity index (χ0v) is 11.1. The van der Waals surface area contributed by atoms with Crippen LogP contribution >= 0.6 is 0 Å². The van der Waals surface area contributed by atoms with E-state index in [9.17, 15) is 13.2 Å². The van der Waals surface area contributed by atoms with Gasteiger partial charge in [-0.05, 0) is 12.1 Å². The summed E-state index contributed by atoms with van der Waals surface area (Å²) in [4.78, 5) is 11.5. The normalized spacial score (nSPS) is 11.4. The molecule has 0 radical (unpaired) electrons. The van der Waals surface area contributed by atoms with Crippen molar-refractivity contribution in [2.45, 2.75) is 17.7 Å². The van der Waals surface area contributed by atoms with Crippen molar-refractivity contribution in [1.82, 2.24) is 14.5 Å². The predicted molar refractivity (Wildman–Crippen MR) is 65.6 cm³/mol. The van der Waals surface area contributed by atoms with E-state index in [4.69, 9.17) is 4.42 Å². The quantitative estimate of drug-likeness (QED) is 0.859. The molecule has 2 rings (SSSR count). The summed E-state index contributed by atoms with van der Waals surface area (Å²) < 4.78 is 32.0. The average molecular weight is 283 g/mol. The number of amides is 1. The highest BCUT2D eigenvalue weighted by Gasteiger charge is 2.19. The van der Waals surface area contributed by atoms with Gasteiger partial charge in [-0.3, -0.25) is 9.48 Å². The van der Waals surface area contributed by atoms with E-state index in [1.54, 1.807) is 19.2 Å². The molecule has 0 aliphatic rings. The van der Waals surface area contributed by atoms with Gasteiger partial charge in [0.25, 0.3) is 10.0 Å². The zero-order valence-electron chi connectivity index (χ0n) is 10.2. The van der Waals surface area contributed by atoms with Crippen LogP contribution in [0.25, 0.3) is 0 Å². The molecule has 0 saturated carbocycles. The minimum atomic E-state index is -3.84. The Labute approximate surface area is 110 Å². The van der Waals surface area contributed by atoms with Crippen molar-refractivity contribution in [3.8, 4) is 0 Å². The number of carbonyl (C=O) groups excluding carboxylic acids is 1. The molecule has 0 atom stereocenters. The molecular weight excluding hydrogens is 270 g/mol. The van der Waals surface area contributed by atoms with Crippen LogP contribution in [-0.2, 0) is 28.3 Å². The van der Waals surface area contributed by atoms with Crippen LogP contribution in [0.15, 0.2) is 40.1 Å². The minimum Gasteiger partial charge on any atom is -0.469 e. The van der Waals surface area contributed by atoms with Gasteiger partial charge in [0.2, 0.25) is 5.91 Å². The Balaban J connectivity index is 1.95. The standard InChI is InChI=1S/C11H13N3O4S/c1-14-8-10(7-12-14)19(16,17)13-11(15)5-4-9-3-2-6-18-9/h2-3,6-8H,4-5H2,1H3,(H,13,15). The summed E-state index contributed by atoms with van der Waals surface area (Å²) in [5, 5.41) is 3.75. The number of aromatic nitrogens is 2. The molecular formula is C11H13N3O4S. The van der Waals surface area contributed by atoms with Gasteiger partial charge >= 0.3 is 0 Å². The molecule has 0 aromatic carbocycles. The fourth-order valence-electron chi connectivity index (χ4n) is 1.49. The summed E-state index contributed by atoms with van der Waals surface area (Å²) in [6, 6.07) is 3.43. The third-order valence-corrected chi connectivity index (χ3v) is 3.75. The summed E-state index contributed by atoms with van der Waals surface area (Å²) in [7, 11) is -2.25. The van der Waals surface area contributed by atoms with Crippen molar-refractivity contribution in [2.24, 2.45) is 7.05 Å². The monoisotopic (exact) mass is 283 g/mol. The van der Waals surface area contributed by atoms with Crippen molar-refractivity contribution in [1.29, 1.82) is 0 Å². The third kappa shape index (κ3) is 3.44. The van der Waals surface area contributed by atoms with Crippen LogP contribution in [0.2, 0.25) is 0 Å². The van der Waals surface area contributed by atoms with Crippen molar-refractivity contribution >= 4 is 15.9 Å².